The Bertz CT molecular complexity index is 2490. The maximum absolute atomic E-state index is 5.04. The number of pyridine rings is 1. The minimum absolute atomic E-state index is 0.947. The summed E-state index contributed by atoms with van der Waals surface area (Å²) < 4.78 is 2.46. The van der Waals surface area contributed by atoms with Crippen LogP contribution < -0.4 is 4.90 Å². The number of hydrogen-bond donors (Lipinski definition) is 0. The van der Waals surface area contributed by atoms with Crippen LogP contribution in [-0.2, 0) is 0 Å². The highest BCUT2D eigenvalue weighted by Crippen LogP contribution is 2.44. The Morgan fingerprint density at radius 1 is 0.432 bits per heavy atom. The van der Waals surface area contributed by atoms with Crippen LogP contribution in [0.2, 0.25) is 0 Å². The third kappa shape index (κ3) is 3.98. The molecule has 0 unspecified atom stereocenters. The Hall–Kier alpha value is -5.51. The van der Waals surface area contributed by atoms with Crippen molar-refractivity contribution in [2.45, 2.75) is 0 Å². The number of rotatable bonds is 4. The molecule has 0 aliphatic rings. The van der Waals surface area contributed by atoms with Gasteiger partial charge in [-0.25, -0.2) is 4.98 Å². The standard InChI is InChI=1S/C41H26N2S/c1-2-8-27(9-3-1)28-14-18-31(19-15-28)43(41-40-38(24-25-42-41)37-12-6-7-13-39(37)44-40)32-20-23-34-30(26-32)17-22-35-33-11-5-4-10-29(33)16-21-36(34)35/h1-26H. The van der Waals surface area contributed by atoms with E-state index in [2.05, 4.69) is 157 Å². The van der Waals surface area contributed by atoms with Crippen molar-refractivity contribution >= 4 is 81.0 Å². The van der Waals surface area contributed by atoms with Crippen LogP contribution in [0.25, 0.3) is 63.6 Å². The largest absolute Gasteiger partial charge is 0.294 e. The van der Waals surface area contributed by atoms with Gasteiger partial charge in [0.15, 0.2) is 5.82 Å². The van der Waals surface area contributed by atoms with Gasteiger partial charge in [-0.3, -0.25) is 4.90 Å². The van der Waals surface area contributed by atoms with Crippen LogP contribution in [0.4, 0.5) is 17.2 Å². The smallest absolute Gasteiger partial charge is 0.155 e. The molecule has 44 heavy (non-hydrogen) atoms. The summed E-state index contributed by atoms with van der Waals surface area (Å²) in [6, 6.07) is 54.7. The van der Waals surface area contributed by atoms with E-state index in [9.17, 15) is 0 Å². The van der Waals surface area contributed by atoms with Gasteiger partial charge in [-0.2, -0.15) is 0 Å². The van der Waals surface area contributed by atoms with E-state index in [1.54, 1.807) is 0 Å². The Morgan fingerprint density at radius 3 is 1.91 bits per heavy atom. The molecule has 0 fully saturated rings. The zero-order valence-corrected chi connectivity index (χ0v) is 24.6. The zero-order valence-electron chi connectivity index (χ0n) is 23.8. The molecule has 0 N–H and O–H groups in total. The molecule has 206 valence electrons. The third-order valence-corrected chi connectivity index (χ3v) is 9.89. The first kappa shape index (κ1) is 25.0. The lowest BCUT2D eigenvalue weighted by Gasteiger charge is -2.25. The first-order valence-corrected chi connectivity index (χ1v) is 15.7. The molecule has 0 radical (unpaired) electrons. The molecule has 0 saturated carbocycles. The fraction of sp³-hybridized carbons (Fsp3) is 0. The zero-order chi connectivity index (χ0) is 29.0. The van der Waals surface area contributed by atoms with Crippen molar-refractivity contribution in [3.05, 3.63) is 158 Å². The summed E-state index contributed by atoms with van der Waals surface area (Å²) in [6.45, 7) is 0. The third-order valence-electron chi connectivity index (χ3n) is 8.70. The normalized spacial score (nSPS) is 11.6. The van der Waals surface area contributed by atoms with Gasteiger partial charge in [0.2, 0.25) is 0 Å². The summed E-state index contributed by atoms with van der Waals surface area (Å²) in [7, 11) is 0. The SMILES string of the molecule is c1ccc(-c2ccc(N(c3ccc4c(ccc5c6ccccc6ccc45)c3)c3nccc4c3sc3ccccc34)cc2)cc1. The van der Waals surface area contributed by atoms with Gasteiger partial charge < -0.3 is 0 Å². The van der Waals surface area contributed by atoms with Gasteiger partial charge in [0.25, 0.3) is 0 Å². The number of benzene rings is 7. The van der Waals surface area contributed by atoms with E-state index in [-0.39, 0.29) is 0 Å². The van der Waals surface area contributed by atoms with Crippen molar-refractivity contribution in [1.29, 1.82) is 0 Å². The van der Waals surface area contributed by atoms with Gasteiger partial charge in [0.1, 0.15) is 0 Å². The number of fused-ring (bicyclic) bond motifs is 8. The number of thiophene rings is 1. The summed E-state index contributed by atoms with van der Waals surface area (Å²) in [4.78, 5) is 7.35. The van der Waals surface area contributed by atoms with Gasteiger partial charge in [0, 0.05) is 33.0 Å². The molecular weight excluding hydrogens is 553 g/mol. The second-order valence-corrected chi connectivity index (χ2v) is 12.3. The quantitative estimate of drug-likeness (QED) is 0.193. The molecule has 0 aliphatic heterocycles. The molecule has 9 aromatic rings. The molecule has 7 aromatic carbocycles. The van der Waals surface area contributed by atoms with Gasteiger partial charge >= 0.3 is 0 Å². The number of nitrogens with zero attached hydrogens (tertiary/aromatic N) is 2. The van der Waals surface area contributed by atoms with Crippen LogP contribution in [-0.4, -0.2) is 4.98 Å². The van der Waals surface area contributed by atoms with Gasteiger partial charge in [-0.05, 0) is 79.8 Å². The Kier molecular flexibility index (Phi) is 5.71. The number of aromatic nitrogens is 1. The predicted octanol–water partition coefficient (Wildman–Crippen LogP) is 12.0. The van der Waals surface area contributed by atoms with E-state index in [4.69, 9.17) is 4.98 Å². The lowest BCUT2D eigenvalue weighted by molar-refractivity contribution is 1.21. The molecule has 0 atom stereocenters. The summed E-state index contributed by atoms with van der Waals surface area (Å²) in [5.41, 5.74) is 4.57. The maximum Gasteiger partial charge on any atom is 0.155 e. The van der Waals surface area contributed by atoms with Crippen molar-refractivity contribution in [1.82, 2.24) is 4.98 Å². The Morgan fingerprint density at radius 2 is 1.07 bits per heavy atom. The molecule has 0 saturated heterocycles. The van der Waals surface area contributed by atoms with Gasteiger partial charge in [-0.1, -0.05) is 115 Å². The molecule has 9 rings (SSSR count). The molecule has 0 amide bonds. The Labute approximate surface area is 259 Å². The minimum atomic E-state index is 0.947. The topological polar surface area (TPSA) is 16.1 Å². The van der Waals surface area contributed by atoms with Crippen LogP contribution >= 0.6 is 11.3 Å². The molecule has 2 aromatic heterocycles. The van der Waals surface area contributed by atoms with Crippen molar-refractivity contribution in [3.8, 4) is 11.1 Å². The molecule has 2 nitrogen and oxygen atoms in total. The monoisotopic (exact) mass is 578 g/mol. The van der Waals surface area contributed by atoms with Crippen LogP contribution in [0.1, 0.15) is 0 Å². The molecular formula is C41H26N2S. The van der Waals surface area contributed by atoms with E-state index in [0.717, 1.165) is 17.2 Å². The average Bonchev–Trinajstić information content (AvgIpc) is 3.48. The van der Waals surface area contributed by atoms with E-state index in [0.29, 0.717) is 0 Å². The van der Waals surface area contributed by atoms with Crippen molar-refractivity contribution in [3.63, 3.8) is 0 Å². The van der Waals surface area contributed by atoms with Crippen LogP contribution in [0.15, 0.2) is 158 Å². The summed E-state index contributed by atoms with van der Waals surface area (Å²) in [5.74, 6) is 0.947. The fourth-order valence-corrected chi connectivity index (χ4v) is 7.76. The van der Waals surface area contributed by atoms with Crippen molar-refractivity contribution in [2.24, 2.45) is 0 Å². The number of hydrogen-bond acceptors (Lipinski definition) is 3. The van der Waals surface area contributed by atoms with Crippen LogP contribution in [0.3, 0.4) is 0 Å². The lowest BCUT2D eigenvalue weighted by atomic mass is 9.96. The Balaban J connectivity index is 1.26. The van der Waals surface area contributed by atoms with Crippen LogP contribution in [0, 0.1) is 0 Å². The van der Waals surface area contributed by atoms with E-state index >= 15 is 0 Å². The van der Waals surface area contributed by atoms with Gasteiger partial charge in [0.05, 0.1) is 4.70 Å². The summed E-state index contributed by atoms with van der Waals surface area (Å²) >= 11 is 1.81. The summed E-state index contributed by atoms with van der Waals surface area (Å²) in [5, 5.41) is 10.1. The number of anilines is 3. The molecule has 3 heteroatoms. The first-order chi connectivity index (χ1) is 21.8. The lowest BCUT2D eigenvalue weighted by Crippen LogP contribution is -2.11. The van der Waals surface area contributed by atoms with E-state index < -0.39 is 0 Å². The fourth-order valence-electron chi connectivity index (χ4n) is 6.58. The van der Waals surface area contributed by atoms with Crippen molar-refractivity contribution in [2.75, 3.05) is 4.90 Å². The van der Waals surface area contributed by atoms with Crippen molar-refractivity contribution < 1.29 is 0 Å². The molecule has 2 heterocycles. The maximum atomic E-state index is 5.04. The van der Waals surface area contributed by atoms with E-state index in [1.807, 2.05) is 17.5 Å². The highest BCUT2D eigenvalue weighted by atomic mass is 32.1. The highest BCUT2D eigenvalue weighted by Gasteiger charge is 2.20. The highest BCUT2D eigenvalue weighted by molar-refractivity contribution is 7.26. The van der Waals surface area contributed by atoms with Crippen LogP contribution in [0.5, 0.6) is 0 Å². The second kappa shape index (κ2) is 10.0. The summed E-state index contributed by atoms with van der Waals surface area (Å²) in [6.07, 6.45) is 1.95. The van der Waals surface area contributed by atoms with E-state index in [1.165, 1.54) is 63.6 Å². The first-order valence-electron chi connectivity index (χ1n) is 14.9. The molecule has 0 aliphatic carbocycles. The van der Waals surface area contributed by atoms with Gasteiger partial charge in [-0.15, -0.1) is 11.3 Å². The second-order valence-electron chi connectivity index (χ2n) is 11.2. The minimum Gasteiger partial charge on any atom is -0.294 e. The average molecular weight is 579 g/mol. The molecule has 0 spiro atoms. The molecule has 0 bridgehead atoms. The predicted molar refractivity (Wildman–Crippen MR) is 190 cm³/mol.